The van der Waals surface area contributed by atoms with E-state index in [1.165, 1.54) is 24.3 Å². The number of carbonyl (C=O) groups is 4. The molecule has 1 aromatic heterocycles. The van der Waals surface area contributed by atoms with E-state index in [9.17, 15) is 36.7 Å². The van der Waals surface area contributed by atoms with Crippen LogP contribution in [0.1, 0.15) is 93.8 Å². The first-order chi connectivity index (χ1) is 25.9. The van der Waals surface area contributed by atoms with Gasteiger partial charge in [-0.15, -0.1) is 0 Å². The second kappa shape index (κ2) is 16.6. The van der Waals surface area contributed by atoms with Gasteiger partial charge >= 0.3 is 6.18 Å². The summed E-state index contributed by atoms with van der Waals surface area (Å²) in [5.74, 6) is -0.911. The van der Waals surface area contributed by atoms with Crippen molar-refractivity contribution in [3.63, 3.8) is 0 Å². The first-order valence-electron chi connectivity index (χ1n) is 19.0. The fourth-order valence-electron chi connectivity index (χ4n) is 8.54. The molecule has 4 N–H and O–H groups in total. The summed E-state index contributed by atoms with van der Waals surface area (Å²) in [7, 11) is 0. The molecule has 2 saturated carbocycles. The standard InChI is InChI=1S/C20H27ClFN3O2.C20H27F3N4O2/c1-19(2,3)24-16(26)10-25-11-20(12-25)7-13(8-20)9-23-18(27)14-5-4-6-15(21)17(14)22;1-18(2,3)26-16(28)10-27-11-19(12-27)7-13(8-19)9-24-17(29)14-5-4-6-15(25-14)20(21,22)23/h4-6,13H,7-12H2,1-3H3,(H,23,27)(H,24,26);4-6,13H,7-12H2,1-3H3,(H,24,29)(H,26,28). The van der Waals surface area contributed by atoms with E-state index in [2.05, 4.69) is 36.1 Å². The number of halogens is 5. The van der Waals surface area contributed by atoms with E-state index in [-0.39, 0.29) is 44.6 Å². The Morgan fingerprint density at radius 1 is 0.732 bits per heavy atom. The van der Waals surface area contributed by atoms with Crippen LogP contribution in [0.2, 0.25) is 5.02 Å². The van der Waals surface area contributed by atoms with E-state index in [4.69, 9.17) is 11.6 Å². The van der Waals surface area contributed by atoms with Crippen LogP contribution in [0.5, 0.6) is 0 Å². The Bertz CT molecular complexity index is 1770. The van der Waals surface area contributed by atoms with Crippen molar-refractivity contribution < 1.29 is 36.7 Å². The lowest BCUT2D eigenvalue weighted by Crippen LogP contribution is -2.65. The quantitative estimate of drug-likeness (QED) is 0.240. The van der Waals surface area contributed by atoms with Gasteiger partial charge in [0.15, 0.2) is 5.82 Å². The van der Waals surface area contributed by atoms with E-state index in [0.717, 1.165) is 57.9 Å². The number of nitrogens with zero attached hydrogens (tertiary/aromatic N) is 3. The van der Waals surface area contributed by atoms with Crippen molar-refractivity contribution in [2.75, 3.05) is 52.4 Å². The van der Waals surface area contributed by atoms with Gasteiger partial charge in [-0.3, -0.25) is 29.0 Å². The van der Waals surface area contributed by atoms with Crippen LogP contribution >= 0.6 is 11.6 Å². The largest absolute Gasteiger partial charge is 0.433 e. The first kappa shape index (κ1) is 43.3. The maximum absolute atomic E-state index is 13.9. The number of aromatic nitrogens is 1. The molecule has 4 aliphatic rings. The van der Waals surface area contributed by atoms with Crippen molar-refractivity contribution in [1.29, 1.82) is 0 Å². The first-order valence-corrected chi connectivity index (χ1v) is 19.4. The van der Waals surface area contributed by atoms with Gasteiger partial charge in [-0.05, 0) is 114 Å². The number of rotatable bonds is 10. The molecule has 6 rings (SSSR count). The number of alkyl halides is 3. The van der Waals surface area contributed by atoms with E-state index in [1.54, 1.807) is 6.07 Å². The molecule has 11 nitrogen and oxygen atoms in total. The van der Waals surface area contributed by atoms with Crippen LogP contribution in [0.3, 0.4) is 0 Å². The molecule has 3 heterocycles. The molecule has 2 aromatic rings. The number of likely N-dealkylation sites (tertiary alicyclic amines) is 2. The molecule has 2 saturated heterocycles. The average Bonchev–Trinajstić information content (AvgIpc) is 3.00. The third kappa shape index (κ3) is 11.6. The summed E-state index contributed by atoms with van der Waals surface area (Å²) < 4.78 is 52.0. The fraction of sp³-hybridized carbons (Fsp3) is 0.625. The lowest BCUT2D eigenvalue weighted by molar-refractivity contribution is -0.141. The van der Waals surface area contributed by atoms with Crippen LogP contribution in [0.4, 0.5) is 17.6 Å². The van der Waals surface area contributed by atoms with Crippen molar-refractivity contribution in [2.45, 2.75) is 84.5 Å². The van der Waals surface area contributed by atoms with Crippen molar-refractivity contribution >= 4 is 35.2 Å². The number of benzene rings is 1. The predicted octanol–water partition coefficient (Wildman–Crippen LogP) is 5.29. The number of amides is 4. The molecule has 2 spiro atoms. The van der Waals surface area contributed by atoms with Crippen molar-refractivity contribution in [3.8, 4) is 0 Å². The second-order valence-corrected chi connectivity index (χ2v) is 18.8. The summed E-state index contributed by atoms with van der Waals surface area (Å²) >= 11 is 5.72. The highest BCUT2D eigenvalue weighted by Gasteiger charge is 2.53. The molecule has 1 aromatic carbocycles. The van der Waals surface area contributed by atoms with E-state index < -0.39 is 29.5 Å². The summed E-state index contributed by atoms with van der Waals surface area (Å²) in [4.78, 5) is 55.9. The number of nitrogens with one attached hydrogen (secondary N) is 4. The van der Waals surface area contributed by atoms with Gasteiger partial charge in [-0.1, -0.05) is 23.7 Å². The summed E-state index contributed by atoms with van der Waals surface area (Å²) in [6.45, 7) is 17.1. The summed E-state index contributed by atoms with van der Waals surface area (Å²) in [5.41, 5.74) is -1.26. The molecule has 4 fully saturated rings. The zero-order valence-corrected chi connectivity index (χ0v) is 33.7. The summed E-state index contributed by atoms with van der Waals surface area (Å²) in [6.07, 6.45) is -0.622. The van der Waals surface area contributed by atoms with Gasteiger partial charge in [0.1, 0.15) is 11.4 Å². The third-order valence-corrected chi connectivity index (χ3v) is 10.7. The van der Waals surface area contributed by atoms with Gasteiger partial charge in [0.25, 0.3) is 11.8 Å². The van der Waals surface area contributed by atoms with Crippen molar-refractivity contribution in [1.82, 2.24) is 36.1 Å². The Morgan fingerprint density at radius 2 is 1.18 bits per heavy atom. The minimum absolute atomic E-state index is 0.0174. The zero-order valence-electron chi connectivity index (χ0n) is 33.0. The number of hydrogen-bond donors (Lipinski definition) is 4. The minimum atomic E-state index is -4.57. The molecule has 2 aliphatic carbocycles. The van der Waals surface area contributed by atoms with Crippen LogP contribution < -0.4 is 21.3 Å². The number of hydrogen-bond acceptors (Lipinski definition) is 7. The Labute approximate surface area is 331 Å². The van der Waals surface area contributed by atoms with Crippen LogP contribution in [-0.4, -0.2) is 102 Å². The minimum Gasteiger partial charge on any atom is -0.352 e. The van der Waals surface area contributed by atoms with Crippen molar-refractivity contribution in [3.05, 3.63) is 64.2 Å². The highest BCUT2D eigenvalue weighted by atomic mass is 35.5. The fourth-order valence-corrected chi connectivity index (χ4v) is 8.72. The highest BCUT2D eigenvalue weighted by molar-refractivity contribution is 6.31. The molecule has 0 bridgehead atoms. The van der Waals surface area contributed by atoms with Crippen LogP contribution in [-0.2, 0) is 15.8 Å². The Balaban J connectivity index is 0.000000215. The predicted molar refractivity (Wildman–Crippen MR) is 204 cm³/mol. The third-order valence-electron chi connectivity index (χ3n) is 10.5. The van der Waals surface area contributed by atoms with Gasteiger partial charge in [0.2, 0.25) is 11.8 Å². The molecule has 0 radical (unpaired) electrons. The zero-order chi connectivity index (χ0) is 41.3. The molecule has 308 valence electrons. The Kier molecular flexibility index (Phi) is 12.8. The lowest BCUT2D eigenvalue weighted by Gasteiger charge is -2.59. The van der Waals surface area contributed by atoms with Gasteiger partial charge in [0, 0.05) is 50.3 Å². The topological polar surface area (TPSA) is 136 Å². The van der Waals surface area contributed by atoms with E-state index in [0.29, 0.717) is 43.4 Å². The Hall–Kier alpha value is -3.82. The van der Waals surface area contributed by atoms with Gasteiger partial charge in [-0.2, -0.15) is 13.2 Å². The van der Waals surface area contributed by atoms with Gasteiger partial charge in [-0.25, -0.2) is 9.37 Å². The molecule has 0 atom stereocenters. The molecule has 0 unspecified atom stereocenters. The van der Waals surface area contributed by atoms with Gasteiger partial charge < -0.3 is 21.3 Å². The monoisotopic (exact) mass is 807 g/mol. The highest BCUT2D eigenvalue weighted by Crippen LogP contribution is 2.52. The number of pyridine rings is 1. The number of carbonyl (C=O) groups excluding carboxylic acids is 4. The van der Waals surface area contributed by atoms with Crippen LogP contribution in [0, 0.1) is 28.5 Å². The summed E-state index contributed by atoms with van der Waals surface area (Å²) in [6, 6.07) is 7.73. The molecular weight excluding hydrogens is 754 g/mol. The summed E-state index contributed by atoms with van der Waals surface area (Å²) in [5, 5.41) is 11.4. The SMILES string of the molecule is CC(C)(C)NC(=O)CN1CC2(CC(CNC(=O)c3cccc(C(F)(F)F)n3)C2)C1.CC(C)(C)NC(=O)CN1CC2(CC(CNC(=O)c3cccc(Cl)c3F)C2)C1. The van der Waals surface area contributed by atoms with Crippen LogP contribution in [0.15, 0.2) is 36.4 Å². The van der Waals surface area contributed by atoms with Gasteiger partial charge in [0.05, 0.1) is 23.7 Å². The second-order valence-electron chi connectivity index (χ2n) is 18.4. The molecule has 2 aliphatic heterocycles. The normalized spacial score (nSPS) is 19.3. The van der Waals surface area contributed by atoms with E-state index >= 15 is 0 Å². The van der Waals surface area contributed by atoms with Crippen molar-refractivity contribution in [2.24, 2.45) is 22.7 Å². The maximum Gasteiger partial charge on any atom is 0.433 e. The Morgan fingerprint density at radius 3 is 1.62 bits per heavy atom. The average molecular weight is 808 g/mol. The lowest BCUT2D eigenvalue weighted by atomic mass is 9.57. The smallest absolute Gasteiger partial charge is 0.352 e. The molecular formula is C40H54ClF4N7O4. The van der Waals surface area contributed by atoms with E-state index in [1.807, 2.05) is 41.5 Å². The van der Waals surface area contributed by atoms with Crippen LogP contribution in [0.25, 0.3) is 0 Å². The maximum atomic E-state index is 13.9. The molecule has 4 amide bonds. The molecule has 56 heavy (non-hydrogen) atoms. The molecule has 16 heteroatoms.